The molecule has 1 N–H and O–H groups in total. The summed E-state index contributed by atoms with van der Waals surface area (Å²) in [7, 11) is 0. The van der Waals surface area contributed by atoms with Crippen molar-refractivity contribution in [3.8, 4) is 0 Å². The average molecular weight is 364 g/mol. The van der Waals surface area contributed by atoms with Crippen molar-refractivity contribution < 1.29 is 4.79 Å². The standard InChI is InChI=1S/C12H17IN2OS/c13-11-8-10(9-17-11)12(16)14-4-3-7-15-5-1-2-6-15/h8-9H,1-7H2,(H,14,16). The Morgan fingerprint density at radius 3 is 2.88 bits per heavy atom. The third-order valence-electron chi connectivity index (χ3n) is 2.97. The number of likely N-dealkylation sites (tertiary alicyclic amines) is 1. The molecular formula is C12H17IN2OS. The zero-order chi connectivity index (χ0) is 12.1. The Labute approximate surface area is 120 Å². The van der Waals surface area contributed by atoms with Crippen molar-refractivity contribution in [1.29, 1.82) is 0 Å². The van der Waals surface area contributed by atoms with Crippen LogP contribution in [0.15, 0.2) is 11.4 Å². The average Bonchev–Trinajstić information content (AvgIpc) is 2.95. The molecule has 1 amide bonds. The van der Waals surface area contributed by atoms with Crippen LogP contribution in [0.1, 0.15) is 29.6 Å². The van der Waals surface area contributed by atoms with Gasteiger partial charge in [0.15, 0.2) is 0 Å². The first kappa shape index (κ1) is 13.3. The Hall–Kier alpha value is -0.140. The van der Waals surface area contributed by atoms with Gasteiger partial charge in [-0.25, -0.2) is 0 Å². The van der Waals surface area contributed by atoms with Crippen LogP contribution >= 0.6 is 33.9 Å². The molecular weight excluding hydrogens is 347 g/mol. The molecule has 0 atom stereocenters. The molecule has 17 heavy (non-hydrogen) atoms. The molecule has 0 aliphatic carbocycles. The lowest BCUT2D eigenvalue weighted by Crippen LogP contribution is -2.28. The number of nitrogens with zero attached hydrogens (tertiary/aromatic N) is 1. The second-order valence-corrected chi connectivity index (χ2v) is 7.10. The van der Waals surface area contributed by atoms with Crippen molar-refractivity contribution in [3.05, 3.63) is 19.9 Å². The van der Waals surface area contributed by atoms with Crippen molar-refractivity contribution in [1.82, 2.24) is 10.2 Å². The number of nitrogens with one attached hydrogen (secondary N) is 1. The maximum atomic E-state index is 11.7. The number of amides is 1. The topological polar surface area (TPSA) is 32.3 Å². The Balaban J connectivity index is 1.63. The van der Waals surface area contributed by atoms with Crippen LogP contribution in [-0.4, -0.2) is 37.0 Å². The van der Waals surface area contributed by atoms with Crippen molar-refractivity contribution in [2.24, 2.45) is 0 Å². The van der Waals surface area contributed by atoms with Gasteiger partial charge in [0.1, 0.15) is 0 Å². The zero-order valence-corrected chi connectivity index (χ0v) is 12.7. The number of carbonyl (C=O) groups is 1. The van der Waals surface area contributed by atoms with E-state index >= 15 is 0 Å². The minimum atomic E-state index is 0.0607. The van der Waals surface area contributed by atoms with Crippen molar-refractivity contribution in [2.75, 3.05) is 26.2 Å². The van der Waals surface area contributed by atoms with E-state index in [1.165, 1.54) is 25.9 Å². The van der Waals surface area contributed by atoms with Gasteiger partial charge in [0.05, 0.1) is 8.45 Å². The molecule has 2 rings (SSSR count). The summed E-state index contributed by atoms with van der Waals surface area (Å²) in [6.45, 7) is 4.36. The quantitative estimate of drug-likeness (QED) is 0.644. The second-order valence-electron chi connectivity index (χ2n) is 4.30. The molecule has 1 saturated heterocycles. The molecule has 0 aromatic carbocycles. The van der Waals surface area contributed by atoms with Gasteiger partial charge < -0.3 is 10.2 Å². The van der Waals surface area contributed by atoms with E-state index in [4.69, 9.17) is 0 Å². The van der Waals surface area contributed by atoms with Crippen LogP contribution < -0.4 is 5.32 Å². The Bertz CT molecular complexity index is 374. The zero-order valence-electron chi connectivity index (χ0n) is 9.75. The van der Waals surface area contributed by atoms with Gasteiger partial charge in [-0.05, 0) is 67.6 Å². The molecule has 1 fully saturated rings. The highest BCUT2D eigenvalue weighted by Crippen LogP contribution is 2.16. The normalized spacial score (nSPS) is 16.3. The van der Waals surface area contributed by atoms with Gasteiger partial charge in [0, 0.05) is 11.9 Å². The fraction of sp³-hybridized carbons (Fsp3) is 0.583. The number of rotatable bonds is 5. The van der Waals surface area contributed by atoms with E-state index in [0.29, 0.717) is 0 Å². The molecule has 5 heteroatoms. The third-order valence-corrected chi connectivity index (χ3v) is 4.75. The summed E-state index contributed by atoms with van der Waals surface area (Å²) >= 11 is 3.85. The molecule has 94 valence electrons. The maximum absolute atomic E-state index is 11.7. The highest BCUT2D eigenvalue weighted by Gasteiger charge is 2.11. The Morgan fingerprint density at radius 1 is 1.47 bits per heavy atom. The summed E-state index contributed by atoms with van der Waals surface area (Å²) in [6.07, 6.45) is 3.71. The number of thiophene rings is 1. The van der Waals surface area contributed by atoms with E-state index in [1.807, 2.05) is 11.4 Å². The minimum Gasteiger partial charge on any atom is -0.352 e. The lowest BCUT2D eigenvalue weighted by Gasteiger charge is -2.14. The molecule has 3 nitrogen and oxygen atoms in total. The highest BCUT2D eigenvalue weighted by atomic mass is 127. The monoisotopic (exact) mass is 364 g/mol. The summed E-state index contributed by atoms with van der Waals surface area (Å²) in [4.78, 5) is 14.2. The molecule has 1 aliphatic heterocycles. The van der Waals surface area contributed by atoms with Crippen LogP contribution in [0.25, 0.3) is 0 Å². The van der Waals surface area contributed by atoms with Crippen molar-refractivity contribution in [2.45, 2.75) is 19.3 Å². The number of hydrogen-bond donors (Lipinski definition) is 1. The molecule has 0 unspecified atom stereocenters. The Morgan fingerprint density at radius 2 is 2.24 bits per heavy atom. The summed E-state index contributed by atoms with van der Waals surface area (Å²) < 4.78 is 1.16. The lowest BCUT2D eigenvalue weighted by molar-refractivity contribution is 0.0952. The highest BCUT2D eigenvalue weighted by molar-refractivity contribution is 14.1. The van der Waals surface area contributed by atoms with Gasteiger partial charge in [-0.15, -0.1) is 11.3 Å². The fourth-order valence-electron chi connectivity index (χ4n) is 2.04. The summed E-state index contributed by atoms with van der Waals surface area (Å²) in [5, 5.41) is 4.89. The van der Waals surface area contributed by atoms with Gasteiger partial charge in [0.2, 0.25) is 0 Å². The van der Waals surface area contributed by atoms with E-state index in [1.54, 1.807) is 11.3 Å². The van der Waals surface area contributed by atoms with Crippen LogP contribution in [0.4, 0.5) is 0 Å². The molecule has 0 radical (unpaired) electrons. The van der Waals surface area contributed by atoms with Crippen LogP contribution in [0.2, 0.25) is 0 Å². The van der Waals surface area contributed by atoms with Crippen molar-refractivity contribution in [3.63, 3.8) is 0 Å². The molecule has 0 spiro atoms. The molecule has 1 aromatic heterocycles. The first-order chi connectivity index (χ1) is 8.25. The summed E-state index contributed by atoms with van der Waals surface area (Å²) in [5.41, 5.74) is 0.792. The SMILES string of the molecule is O=C(NCCCN1CCCC1)c1csc(I)c1. The first-order valence-corrected chi connectivity index (χ1v) is 7.96. The van der Waals surface area contributed by atoms with Gasteiger partial charge in [-0.3, -0.25) is 4.79 Å². The van der Waals surface area contributed by atoms with Crippen LogP contribution in [0.5, 0.6) is 0 Å². The number of halogens is 1. The molecule has 0 bridgehead atoms. The van der Waals surface area contributed by atoms with E-state index < -0.39 is 0 Å². The van der Waals surface area contributed by atoms with Gasteiger partial charge in [0.25, 0.3) is 5.91 Å². The van der Waals surface area contributed by atoms with E-state index in [9.17, 15) is 4.79 Å². The fourth-order valence-corrected chi connectivity index (χ4v) is 3.37. The first-order valence-electron chi connectivity index (χ1n) is 6.00. The summed E-state index contributed by atoms with van der Waals surface area (Å²) in [5.74, 6) is 0.0607. The van der Waals surface area contributed by atoms with E-state index in [0.717, 1.165) is 28.0 Å². The van der Waals surface area contributed by atoms with Crippen molar-refractivity contribution >= 4 is 39.8 Å². The largest absolute Gasteiger partial charge is 0.352 e. The van der Waals surface area contributed by atoms with Crippen LogP contribution in [0.3, 0.4) is 0 Å². The van der Waals surface area contributed by atoms with Gasteiger partial charge in [-0.2, -0.15) is 0 Å². The number of hydrogen-bond acceptors (Lipinski definition) is 3. The lowest BCUT2D eigenvalue weighted by atomic mass is 10.3. The maximum Gasteiger partial charge on any atom is 0.252 e. The summed E-state index contributed by atoms with van der Waals surface area (Å²) in [6, 6.07) is 1.93. The Kier molecular flexibility index (Phi) is 5.24. The van der Waals surface area contributed by atoms with Gasteiger partial charge >= 0.3 is 0 Å². The van der Waals surface area contributed by atoms with E-state index in [2.05, 4.69) is 32.8 Å². The number of carbonyl (C=O) groups excluding carboxylic acids is 1. The molecule has 2 heterocycles. The van der Waals surface area contributed by atoms with E-state index in [-0.39, 0.29) is 5.91 Å². The predicted octanol–water partition coefficient (Wildman–Crippen LogP) is 2.57. The van der Waals surface area contributed by atoms with Crippen LogP contribution in [-0.2, 0) is 0 Å². The smallest absolute Gasteiger partial charge is 0.252 e. The van der Waals surface area contributed by atoms with Crippen LogP contribution in [0, 0.1) is 2.88 Å². The molecule has 0 saturated carbocycles. The minimum absolute atomic E-state index is 0.0607. The molecule has 1 aromatic rings. The third kappa shape index (κ3) is 4.22. The van der Waals surface area contributed by atoms with Gasteiger partial charge in [-0.1, -0.05) is 0 Å². The predicted molar refractivity (Wildman–Crippen MR) is 79.7 cm³/mol. The second kappa shape index (κ2) is 6.70. The molecule has 1 aliphatic rings.